The molecule has 0 aliphatic rings. The Morgan fingerprint density at radius 3 is 2.61 bits per heavy atom. The van der Waals surface area contributed by atoms with Gasteiger partial charge >= 0.3 is 11.9 Å². The molecule has 0 unspecified atom stereocenters. The number of hydrogen-bond donors (Lipinski definition) is 3. The van der Waals surface area contributed by atoms with Crippen LogP contribution in [0.3, 0.4) is 0 Å². The largest absolute Gasteiger partial charge is 0.480 e. The molecule has 0 saturated carbocycles. The molecule has 92 valence electrons. The molecule has 1 aromatic heterocycles. The van der Waals surface area contributed by atoms with E-state index in [1.54, 1.807) is 18.2 Å². The number of pyridine rings is 1. The van der Waals surface area contributed by atoms with E-state index in [1.165, 1.54) is 12.3 Å². The molecule has 0 atom stereocenters. The van der Waals surface area contributed by atoms with Crippen molar-refractivity contribution in [2.24, 2.45) is 0 Å². The summed E-state index contributed by atoms with van der Waals surface area (Å²) < 4.78 is 0. The lowest BCUT2D eigenvalue weighted by Crippen LogP contribution is -2.13. The summed E-state index contributed by atoms with van der Waals surface area (Å²) in [6.07, 6.45) is 1.44. The highest BCUT2D eigenvalue weighted by atomic mass is 16.4. The highest BCUT2D eigenvalue weighted by Crippen LogP contribution is 2.24. The Kier molecular flexibility index (Phi) is 3.09. The van der Waals surface area contributed by atoms with E-state index in [1.807, 2.05) is 0 Å². The average Bonchev–Trinajstić information content (AvgIpc) is 2.35. The average molecular weight is 246 g/mol. The number of anilines is 1. The van der Waals surface area contributed by atoms with Gasteiger partial charge in [0.25, 0.3) is 0 Å². The normalized spacial score (nSPS) is 10.2. The zero-order valence-electron chi connectivity index (χ0n) is 9.25. The zero-order chi connectivity index (χ0) is 13.1. The molecule has 0 fully saturated rings. The van der Waals surface area contributed by atoms with Crippen molar-refractivity contribution in [3.8, 4) is 0 Å². The number of nitrogens with one attached hydrogen (secondary N) is 1. The van der Waals surface area contributed by atoms with E-state index in [-0.39, 0.29) is 12.1 Å². The molecule has 0 radical (unpaired) electrons. The lowest BCUT2D eigenvalue weighted by Gasteiger charge is -2.08. The zero-order valence-corrected chi connectivity index (χ0v) is 9.25. The highest BCUT2D eigenvalue weighted by Gasteiger charge is 2.11. The fourth-order valence-electron chi connectivity index (χ4n) is 1.69. The molecule has 1 heterocycles. The molecule has 0 spiro atoms. The molecule has 1 aromatic carbocycles. The Hall–Kier alpha value is -2.63. The minimum Gasteiger partial charge on any atom is -0.480 e. The van der Waals surface area contributed by atoms with Crippen molar-refractivity contribution in [1.29, 1.82) is 0 Å². The number of aliphatic carboxylic acids is 1. The van der Waals surface area contributed by atoms with Gasteiger partial charge in [-0.3, -0.25) is 4.79 Å². The van der Waals surface area contributed by atoms with Crippen LogP contribution in [0.1, 0.15) is 10.4 Å². The Labute approximate surface area is 102 Å². The van der Waals surface area contributed by atoms with Crippen LogP contribution >= 0.6 is 0 Å². The molecule has 6 heteroatoms. The molecule has 2 aromatic rings. The van der Waals surface area contributed by atoms with E-state index in [0.29, 0.717) is 16.6 Å². The maximum Gasteiger partial charge on any atom is 0.336 e. The number of aromatic nitrogens is 1. The Balaban J connectivity index is 2.53. The molecule has 3 N–H and O–H groups in total. The highest BCUT2D eigenvalue weighted by molar-refractivity contribution is 6.06. The number of carboxylic acid groups (broad SMARTS) is 2. The van der Waals surface area contributed by atoms with E-state index in [0.717, 1.165) is 0 Å². The van der Waals surface area contributed by atoms with Crippen molar-refractivity contribution in [1.82, 2.24) is 4.98 Å². The van der Waals surface area contributed by atoms with E-state index >= 15 is 0 Å². The molecule has 0 bridgehead atoms. The molecule has 0 aliphatic carbocycles. The topological polar surface area (TPSA) is 99.5 Å². The minimum absolute atomic E-state index is 0.160. The predicted molar refractivity (Wildman–Crippen MR) is 64.8 cm³/mol. The van der Waals surface area contributed by atoms with Gasteiger partial charge in [-0.05, 0) is 12.1 Å². The molecule has 0 amide bonds. The Morgan fingerprint density at radius 1 is 1.17 bits per heavy atom. The van der Waals surface area contributed by atoms with Crippen LogP contribution in [-0.2, 0) is 4.79 Å². The summed E-state index contributed by atoms with van der Waals surface area (Å²) in [5.74, 6) is -1.68. The second-order valence-electron chi connectivity index (χ2n) is 3.61. The van der Waals surface area contributed by atoms with E-state index in [9.17, 15) is 9.59 Å². The number of aromatic carboxylic acids is 1. The third-order valence-corrected chi connectivity index (χ3v) is 2.44. The number of nitrogens with zero attached hydrogens (tertiary/aromatic N) is 1. The first-order valence-electron chi connectivity index (χ1n) is 5.16. The number of carboxylic acids is 2. The van der Waals surface area contributed by atoms with Crippen molar-refractivity contribution >= 4 is 28.5 Å². The molecule has 2 rings (SSSR count). The number of fused-ring (bicyclic) bond motifs is 1. The summed E-state index contributed by atoms with van der Waals surface area (Å²) in [6.45, 7) is -0.274. The second kappa shape index (κ2) is 4.70. The number of rotatable bonds is 4. The number of benzene rings is 1. The molecule has 6 nitrogen and oxygen atoms in total. The summed E-state index contributed by atoms with van der Waals surface area (Å²) in [4.78, 5) is 25.6. The van der Waals surface area contributed by atoms with Gasteiger partial charge in [0.15, 0.2) is 0 Å². The van der Waals surface area contributed by atoms with Gasteiger partial charge in [-0.1, -0.05) is 12.1 Å². The fourth-order valence-corrected chi connectivity index (χ4v) is 1.69. The van der Waals surface area contributed by atoms with Crippen LogP contribution in [0.25, 0.3) is 10.8 Å². The molecular formula is C12H10N2O4. The van der Waals surface area contributed by atoms with Crippen LogP contribution in [0.15, 0.2) is 30.5 Å². The van der Waals surface area contributed by atoms with Crippen LogP contribution in [0.5, 0.6) is 0 Å². The van der Waals surface area contributed by atoms with Gasteiger partial charge in [0, 0.05) is 17.0 Å². The van der Waals surface area contributed by atoms with Gasteiger partial charge in [0.2, 0.25) is 0 Å². The van der Waals surface area contributed by atoms with Crippen LogP contribution in [0.4, 0.5) is 5.82 Å². The van der Waals surface area contributed by atoms with Gasteiger partial charge < -0.3 is 15.5 Å². The molecule has 0 saturated heterocycles. The van der Waals surface area contributed by atoms with E-state index in [2.05, 4.69) is 10.3 Å². The fraction of sp³-hybridized carbons (Fsp3) is 0.0833. The SMILES string of the molecule is O=C(O)CNc1nccc2c(C(=O)O)cccc12. The first kappa shape index (κ1) is 11.8. The molecular weight excluding hydrogens is 236 g/mol. The monoisotopic (exact) mass is 246 g/mol. The molecule has 18 heavy (non-hydrogen) atoms. The molecule has 0 aliphatic heterocycles. The van der Waals surface area contributed by atoms with Crippen LogP contribution in [0.2, 0.25) is 0 Å². The van der Waals surface area contributed by atoms with Crippen LogP contribution < -0.4 is 5.32 Å². The van der Waals surface area contributed by atoms with Crippen molar-refractivity contribution in [2.45, 2.75) is 0 Å². The third kappa shape index (κ3) is 2.22. The summed E-state index contributed by atoms with van der Waals surface area (Å²) in [6, 6.07) is 6.37. The first-order valence-corrected chi connectivity index (χ1v) is 5.16. The minimum atomic E-state index is -1.03. The van der Waals surface area contributed by atoms with Gasteiger partial charge in [-0.15, -0.1) is 0 Å². The van der Waals surface area contributed by atoms with E-state index in [4.69, 9.17) is 10.2 Å². The maximum absolute atomic E-state index is 11.1. The third-order valence-electron chi connectivity index (χ3n) is 2.44. The summed E-state index contributed by atoms with van der Waals surface area (Å²) in [5.41, 5.74) is 0.160. The summed E-state index contributed by atoms with van der Waals surface area (Å²) in [5, 5.41) is 21.4. The second-order valence-corrected chi connectivity index (χ2v) is 3.61. The number of hydrogen-bond acceptors (Lipinski definition) is 4. The van der Waals surface area contributed by atoms with Gasteiger partial charge in [-0.25, -0.2) is 9.78 Å². The Bertz CT molecular complexity index is 625. The van der Waals surface area contributed by atoms with Crippen molar-refractivity contribution in [2.75, 3.05) is 11.9 Å². The van der Waals surface area contributed by atoms with E-state index < -0.39 is 11.9 Å². The van der Waals surface area contributed by atoms with Gasteiger partial charge in [-0.2, -0.15) is 0 Å². The predicted octanol–water partition coefficient (Wildman–Crippen LogP) is 1.43. The summed E-state index contributed by atoms with van der Waals surface area (Å²) in [7, 11) is 0. The Morgan fingerprint density at radius 2 is 1.94 bits per heavy atom. The summed E-state index contributed by atoms with van der Waals surface area (Å²) >= 11 is 0. The quantitative estimate of drug-likeness (QED) is 0.754. The lowest BCUT2D eigenvalue weighted by molar-refractivity contribution is -0.134. The smallest absolute Gasteiger partial charge is 0.336 e. The van der Waals surface area contributed by atoms with Gasteiger partial charge in [0.05, 0.1) is 5.56 Å². The first-order chi connectivity index (χ1) is 8.59. The van der Waals surface area contributed by atoms with Crippen LogP contribution in [0, 0.1) is 0 Å². The van der Waals surface area contributed by atoms with Crippen LogP contribution in [-0.4, -0.2) is 33.7 Å². The lowest BCUT2D eigenvalue weighted by atomic mass is 10.1. The maximum atomic E-state index is 11.1. The standard InChI is InChI=1S/C12H10N2O4/c15-10(16)6-14-11-8-2-1-3-9(12(17)18)7(8)4-5-13-11/h1-5H,6H2,(H,13,14)(H,15,16)(H,17,18). The number of carbonyl (C=O) groups is 2. The van der Waals surface area contributed by atoms with Crippen molar-refractivity contribution in [3.63, 3.8) is 0 Å². The van der Waals surface area contributed by atoms with Gasteiger partial charge in [0.1, 0.15) is 12.4 Å². The van der Waals surface area contributed by atoms with Crippen molar-refractivity contribution < 1.29 is 19.8 Å². The van der Waals surface area contributed by atoms with Crippen molar-refractivity contribution in [3.05, 3.63) is 36.0 Å².